The van der Waals surface area contributed by atoms with Gasteiger partial charge in [-0.15, -0.1) is 0 Å². The lowest BCUT2D eigenvalue weighted by atomic mass is 9.86. The van der Waals surface area contributed by atoms with Crippen molar-refractivity contribution in [2.45, 2.75) is 45.6 Å². The first-order valence-corrected chi connectivity index (χ1v) is 7.71. The van der Waals surface area contributed by atoms with Gasteiger partial charge in [0.2, 0.25) is 0 Å². The predicted octanol–water partition coefficient (Wildman–Crippen LogP) is 3.77. The van der Waals surface area contributed by atoms with Gasteiger partial charge in [-0.1, -0.05) is 25.8 Å². The molecule has 0 bridgehead atoms. The monoisotopic (exact) mass is 307 g/mol. The van der Waals surface area contributed by atoms with Crippen LogP contribution in [0.2, 0.25) is 0 Å². The normalized spacial score (nSPS) is 21.6. The van der Waals surface area contributed by atoms with E-state index in [1.54, 1.807) is 19.1 Å². The highest BCUT2D eigenvalue weighted by atomic mass is 32.1. The summed E-state index contributed by atoms with van der Waals surface area (Å²) in [6.07, 6.45) is 4.84. The van der Waals surface area contributed by atoms with Gasteiger partial charge >= 0.3 is 0 Å². The van der Waals surface area contributed by atoms with Crippen LogP contribution in [-0.2, 0) is 0 Å². The quantitative estimate of drug-likeness (QED) is 0.505. The van der Waals surface area contributed by atoms with Crippen molar-refractivity contribution in [1.29, 1.82) is 0 Å². The molecule has 21 heavy (non-hydrogen) atoms. The van der Waals surface area contributed by atoms with Crippen molar-refractivity contribution in [2.75, 3.05) is 5.32 Å². The van der Waals surface area contributed by atoms with Gasteiger partial charge in [-0.2, -0.15) is 0 Å². The van der Waals surface area contributed by atoms with Crippen molar-refractivity contribution < 1.29 is 4.92 Å². The van der Waals surface area contributed by atoms with Crippen molar-refractivity contribution in [2.24, 2.45) is 5.92 Å². The van der Waals surface area contributed by atoms with Crippen LogP contribution in [0.3, 0.4) is 0 Å². The maximum absolute atomic E-state index is 10.9. The number of nitrogens with one attached hydrogen (secondary N) is 2. The van der Waals surface area contributed by atoms with E-state index in [4.69, 9.17) is 12.2 Å². The Kier molecular flexibility index (Phi) is 5.12. The molecule has 0 unspecified atom stereocenters. The highest BCUT2D eigenvalue weighted by Gasteiger charge is 2.21. The molecule has 6 heteroatoms. The fourth-order valence-electron chi connectivity index (χ4n) is 2.75. The van der Waals surface area contributed by atoms with Gasteiger partial charge in [0, 0.05) is 23.4 Å². The Morgan fingerprint density at radius 2 is 2.10 bits per heavy atom. The lowest BCUT2D eigenvalue weighted by molar-refractivity contribution is -0.385. The molecule has 2 N–H and O–H groups in total. The van der Waals surface area contributed by atoms with Crippen molar-refractivity contribution in [3.8, 4) is 0 Å². The van der Waals surface area contributed by atoms with E-state index >= 15 is 0 Å². The molecule has 1 fully saturated rings. The van der Waals surface area contributed by atoms with Gasteiger partial charge in [-0.25, -0.2) is 0 Å². The molecule has 1 aromatic rings. The molecule has 0 saturated heterocycles. The van der Waals surface area contributed by atoms with Crippen LogP contribution >= 0.6 is 12.2 Å². The minimum absolute atomic E-state index is 0.105. The summed E-state index contributed by atoms with van der Waals surface area (Å²) in [4.78, 5) is 10.6. The molecule has 0 spiro atoms. The van der Waals surface area contributed by atoms with Crippen molar-refractivity contribution >= 4 is 28.7 Å². The number of hydrogen-bond acceptors (Lipinski definition) is 3. The average molecular weight is 307 g/mol. The average Bonchev–Trinajstić information content (AvgIpc) is 2.43. The lowest BCUT2D eigenvalue weighted by Gasteiger charge is -2.30. The van der Waals surface area contributed by atoms with Gasteiger partial charge in [-0.3, -0.25) is 10.1 Å². The van der Waals surface area contributed by atoms with Gasteiger partial charge in [-0.05, 0) is 44.0 Å². The topological polar surface area (TPSA) is 67.2 Å². The van der Waals surface area contributed by atoms with Crippen LogP contribution in [-0.4, -0.2) is 16.1 Å². The highest BCUT2D eigenvalue weighted by Crippen LogP contribution is 2.25. The number of hydrogen-bond donors (Lipinski definition) is 2. The molecule has 0 aromatic heterocycles. The van der Waals surface area contributed by atoms with E-state index in [0.717, 1.165) is 6.42 Å². The van der Waals surface area contributed by atoms with E-state index in [1.807, 2.05) is 0 Å². The number of aryl methyl sites for hydroxylation is 1. The van der Waals surface area contributed by atoms with Gasteiger partial charge in [0.15, 0.2) is 5.11 Å². The summed E-state index contributed by atoms with van der Waals surface area (Å²) in [5.41, 5.74) is 1.40. The van der Waals surface area contributed by atoms with E-state index < -0.39 is 0 Å². The van der Waals surface area contributed by atoms with Crippen molar-refractivity contribution in [1.82, 2.24) is 5.32 Å². The molecule has 2 atom stereocenters. The molecule has 5 nitrogen and oxygen atoms in total. The summed E-state index contributed by atoms with van der Waals surface area (Å²) >= 11 is 5.32. The van der Waals surface area contributed by atoms with E-state index in [-0.39, 0.29) is 10.6 Å². The molecule has 2 rings (SSSR count). The zero-order valence-corrected chi connectivity index (χ0v) is 13.2. The smallest absolute Gasteiger partial charge is 0.274 e. The van der Waals surface area contributed by atoms with Crippen LogP contribution in [0, 0.1) is 23.0 Å². The van der Waals surface area contributed by atoms with Crippen LogP contribution in [0.4, 0.5) is 11.4 Å². The second-order valence-corrected chi connectivity index (χ2v) is 6.13. The fourth-order valence-corrected chi connectivity index (χ4v) is 3.02. The summed E-state index contributed by atoms with van der Waals surface area (Å²) in [6.45, 7) is 3.96. The number of anilines is 1. The van der Waals surface area contributed by atoms with E-state index in [9.17, 15) is 10.1 Å². The molecule has 0 aliphatic heterocycles. The Morgan fingerprint density at radius 3 is 2.76 bits per heavy atom. The highest BCUT2D eigenvalue weighted by molar-refractivity contribution is 7.80. The second kappa shape index (κ2) is 6.85. The molecule has 1 aliphatic rings. The number of thiocarbonyl (C=S) groups is 1. The van der Waals surface area contributed by atoms with Crippen molar-refractivity contribution in [3.05, 3.63) is 33.9 Å². The largest absolute Gasteiger partial charge is 0.359 e. The van der Waals surface area contributed by atoms with Crippen LogP contribution in [0.15, 0.2) is 18.2 Å². The SMILES string of the molecule is Cc1ccc(NC(=S)N[C@H]2CCCC[C@H]2C)cc1[N+](=O)[O-]. The predicted molar refractivity (Wildman–Crippen MR) is 88.6 cm³/mol. The summed E-state index contributed by atoms with van der Waals surface area (Å²) in [5.74, 6) is 0.603. The van der Waals surface area contributed by atoms with E-state index in [2.05, 4.69) is 17.6 Å². The third kappa shape index (κ3) is 4.14. The minimum Gasteiger partial charge on any atom is -0.359 e. The Labute approximate surface area is 130 Å². The second-order valence-electron chi connectivity index (χ2n) is 5.73. The molecular weight excluding hydrogens is 286 g/mol. The first-order chi connectivity index (χ1) is 9.97. The van der Waals surface area contributed by atoms with Crippen LogP contribution in [0.5, 0.6) is 0 Å². The Hall–Kier alpha value is -1.69. The Morgan fingerprint density at radius 1 is 1.38 bits per heavy atom. The Balaban J connectivity index is 1.99. The standard InChI is InChI=1S/C15H21N3O2S/c1-10-5-3-4-6-13(10)17-15(21)16-12-8-7-11(2)14(9-12)18(19)20/h7-10,13H,3-6H2,1-2H3,(H2,16,17,21)/t10-,13+/m1/s1. The molecule has 0 heterocycles. The molecule has 114 valence electrons. The van der Waals surface area contributed by atoms with Gasteiger partial charge in [0.05, 0.1) is 4.92 Å². The van der Waals surface area contributed by atoms with E-state index in [0.29, 0.717) is 28.3 Å². The summed E-state index contributed by atoms with van der Waals surface area (Å²) in [7, 11) is 0. The van der Waals surface area contributed by atoms with Crippen LogP contribution in [0.25, 0.3) is 0 Å². The molecule has 0 amide bonds. The third-order valence-electron chi connectivity index (χ3n) is 4.09. The number of nitro groups is 1. The number of benzene rings is 1. The van der Waals surface area contributed by atoms with Crippen LogP contribution in [0.1, 0.15) is 38.2 Å². The fraction of sp³-hybridized carbons (Fsp3) is 0.533. The maximum Gasteiger partial charge on any atom is 0.274 e. The maximum atomic E-state index is 10.9. The van der Waals surface area contributed by atoms with Gasteiger partial charge in [0.1, 0.15) is 0 Å². The summed E-state index contributed by atoms with van der Waals surface area (Å²) < 4.78 is 0. The number of rotatable bonds is 3. The molecule has 0 radical (unpaired) electrons. The summed E-state index contributed by atoms with van der Waals surface area (Å²) in [6, 6.07) is 5.44. The Bertz CT molecular complexity index is 548. The van der Waals surface area contributed by atoms with Gasteiger partial charge in [0.25, 0.3) is 5.69 Å². The molecule has 1 aromatic carbocycles. The van der Waals surface area contributed by atoms with Gasteiger partial charge < -0.3 is 10.6 Å². The van der Waals surface area contributed by atoms with Crippen LogP contribution < -0.4 is 10.6 Å². The first kappa shape index (κ1) is 15.7. The first-order valence-electron chi connectivity index (χ1n) is 7.30. The zero-order chi connectivity index (χ0) is 15.4. The molecule has 1 aliphatic carbocycles. The number of nitro benzene ring substituents is 1. The zero-order valence-electron chi connectivity index (χ0n) is 12.4. The van der Waals surface area contributed by atoms with Crippen molar-refractivity contribution in [3.63, 3.8) is 0 Å². The number of nitrogens with zero attached hydrogens (tertiary/aromatic N) is 1. The summed E-state index contributed by atoms with van der Waals surface area (Å²) in [5, 5.41) is 17.9. The third-order valence-corrected chi connectivity index (χ3v) is 4.31. The minimum atomic E-state index is -0.375. The lowest BCUT2D eigenvalue weighted by Crippen LogP contribution is -2.43. The molecule has 1 saturated carbocycles. The van der Waals surface area contributed by atoms with E-state index in [1.165, 1.54) is 25.3 Å². The molecular formula is C15H21N3O2S.